The molecule has 1 aliphatic heterocycles. The molecule has 0 radical (unpaired) electrons. The first-order valence-corrected chi connectivity index (χ1v) is 14.7. The summed E-state index contributed by atoms with van der Waals surface area (Å²) >= 11 is -0.794. The SMILES string of the molecule is CC(C)N1CC(OCCCOCC(F)(F)COC2CC(I(C)C)C2)C1. The van der Waals surface area contributed by atoms with Crippen molar-refractivity contribution < 1.29 is 23.0 Å². The summed E-state index contributed by atoms with van der Waals surface area (Å²) in [4.78, 5) is 6.99. The fourth-order valence-corrected chi connectivity index (χ4v) is 6.07. The van der Waals surface area contributed by atoms with Crippen LogP contribution >= 0.6 is 19.8 Å². The van der Waals surface area contributed by atoms with Crippen LogP contribution in [0.25, 0.3) is 0 Å². The number of alkyl halides is 5. The molecule has 0 amide bonds. The van der Waals surface area contributed by atoms with Crippen molar-refractivity contribution in [2.24, 2.45) is 0 Å². The number of hydrogen-bond acceptors (Lipinski definition) is 4. The molecule has 1 saturated heterocycles. The smallest absolute Gasteiger partial charge is 0.0262 e. The van der Waals surface area contributed by atoms with Gasteiger partial charge in [-0.15, -0.1) is 0 Å². The summed E-state index contributed by atoms with van der Waals surface area (Å²) in [6, 6.07) is 0.561. The molecule has 1 saturated carbocycles. The fraction of sp³-hybridized carbons (Fsp3) is 1.00. The molecule has 7 heteroatoms. The standard InChI is InChI=1S/C18H34F2INO3/c1-14(2)22-10-17(11-22)24-7-5-6-23-12-18(19,20)13-25-16-8-15(9-16)21(3)4/h14-17H,5-13H2,1-4H3. The van der Waals surface area contributed by atoms with E-state index in [9.17, 15) is 8.78 Å². The van der Waals surface area contributed by atoms with E-state index in [0.717, 1.165) is 29.9 Å². The number of hydrogen-bond donors (Lipinski definition) is 0. The molecular formula is C18H34F2INO3. The molecule has 0 atom stereocenters. The van der Waals surface area contributed by atoms with Crippen LogP contribution in [0.5, 0.6) is 0 Å². The van der Waals surface area contributed by atoms with Crippen molar-refractivity contribution in [3.05, 3.63) is 0 Å². The van der Waals surface area contributed by atoms with Crippen LogP contribution in [0, 0.1) is 0 Å². The van der Waals surface area contributed by atoms with Crippen LogP contribution in [-0.4, -0.2) is 82.4 Å². The zero-order chi connectivity index (χ0) is 18.4. The van der Waals surface area contributed by atoms with Crippen LogP contribution in [0.2, 0.25) is 0 Å². The van der Waals surface area contributed by atoms with E-state index >= 15 is 0 Å². The number of ether oxygens (including phenoxy) is 3. The van der Waals surface area contributed by atoms with E-state index in [2.05, 4.69) is 28.6 Å². The monoisotopic (exact) mass is 477 g/mol. The molecule has 0 bridgehead atoms. The summed E-state index contributed by atoms with van der Waals surface area (Å²) in [5.41, 5.74) is 0. The molecule has 0 aromatic heterocycles. The molecule has 2 fully saturated rings. The van der Waals surface area contributed by atoms with E-state index in [1.807, 2.05) is 0 Å². The molecule has 0 unspecified atom stereocenters. The summed E-state index contributed by atoms with van der Waals surface area (Å²) in [7, 11) is 0. The molecule has 1 heterocycles. The molecule has 25 heavy (non-hydrogen) atoms. The number of halogens is 3. The van der Waals surface area contributed by atoms with Crippen molar-refractivity contribution in [1.82, 2.24) is 4.90 Å². The van der Waals surface area contributed by atoms with Crippen LogP contribution < -0.4 is 0 Å². The van der Waals surface area contributed by atoms with Gasteiger partial charge >= 0.3 is 114 Å². The van der Waals surface area contributed by atoms with Gasteiger partial charge in [0.2, 0.25) is 0 Å². The van der Waals surface area contributed by atoms with E-state index in [1.165, 1.54) is 0 Å². The molecule has 4 nitrogen and oxygen atoms in total. The Kier molecular flexibility index (Phi) is 8.78. The third kappa shape index (κ3) is 7.52. The van der Waals surface area contributed by atoms with E-state index in [0.29, 0.717) is 25.7 Å². The average Bonchev–Trinajstić information content (AvgIpc) is 2.41. The Morgan fingerprint density at radius 3 is 2.32 bits per heavy atom. The zero-order valence-electron chi connectivity index (χ0n) is 16.0. The Hall–Kier alpha value is 0.430. The Labute approximate surface area is 158 Å². The maximum absolute atomic E-state index is 13.7. The first-order chi connectivity index (χ1) is 11.8. The second-order valence-electron chi connectivity index (χ2n) is 7.62. The second-order valence-corrected chi connectivity index (χ2v) is 14.0. The Bertz CT molecular complexity index is 387. The maximum Gasteiger partial charge on any atom is 0.0262 e. The number of rotatable bonds is 12. The van der Waals surface area contributed by atoms with Crippen LogP contribution in [-0.2, 0) is 14.2 Å². The van der Waals surface area contributed by atoms with Crippen LogP contribution in [0.15, 0.2) is 0 Å². The van der Waals surface area contributed by atoms with Gasteiger partial charge in [0.25, 0.3) is 0 Å². The van der Waals surface area contributed by atoms with Gasteiger partial charge in [-0.3, -0.25) is 4.90 Å². The van der Waals surface area contributed by atoms with Gasteiger partial charge in [0.15, 0.2) is 0 Å². The molecule has 0 N–H and O–H groups in total. The topological polar surface area (TPSA) is 30.9 Å². The largest absolute Gasteiger partial charge is 0.0262 e. The quantitative estimate of drug-likeness (QED) is 0.245. The van der Waals surface area contributed by atoms with Gasteiger partial charge in [-0.25, -0.2) is 0 Å². The molecule has 0 spiro atoms. The molecule has 2 rings (SSSR count). The molecule has 0 aromatic rings. The van der Waals surface area contributed by atoms with Gasteiger partial charge < -0.3 is 0 Å². The van der Waals surface area contributed by atoms with Gasteiger partial charge in [-0.05, 0) is 13.8 Å². The Balaban J connectivity index is 1.42. The third-order valence-corrected chi connectivity index (χ3v) is 9.43. The van der Waals surface area contributed by atoms with E-state index in [-0.39, 0.29) is 12.2 Å². The first kappa shape index (κ1) is 21.7. The van der Waals surface area contributed by atoms with Crippen molar-refractivity contribution in [3.63, 3.8) is 0 Å². The minimum atomic E-state index is -2.89. The average molecular weight is 477 g/mol. The Morgan fingerprint density at radius 2 is 1.72 bits per heavy atom. The van der Waals surface area contributed by atoms with Crippen molar-refractivity contribution >= 4 is 19.8 Å². The van der Waals surface area contributed by atoms with Crippen LogP contribution in [0.1, 0.15) is 33.1 Å². The van der Waals surface area contributed by atoms with Crippen LogP contribution in [0.4, 0.5) is 8.78 Å². The van der Waals surface area contributed by atoms with Crippen molar-refractivity contribution in [1.29, 1.82) is 0 Å². The molecule has 0 aromatic carbocycles. The summed E-state index contributed by atoms with van der Waals surface area (Å²) < 4.78 is 44.4. The minimum absolute atomic E-state index is 0.0388. The predicted octanol–water partition coefficient (Wildman–Crippen LogP) is 3.45. The molecular weight excluding hydrogens is 443 g/mol. The normalized spacial score (nSPS) is 25.8. The Morgan fingerprint density at radius 1 is 1.04 bits per heavy atom. The van der Waals surface area contributed by atoms with Crippen molar-refractivity contribution in [2.75, 3.05) is 49.4 Å². The van der Waals surface area contributed by atoms with E-state index < -0.39 is 39.0 Å². The predicted molar refractivity (Wildman–Crippen MR) is 105 cm³/mol. The summed E-state index contributed by atoms with van der Waals surface area (Å²) in [6.07, 6.45) is 2.93. The maximum atomic E-state index is 13.7. The van der Waals surface area contributed by atoms with Crippen molar-refractivity contribution in [2.45, 2.75) is 61.2 Å². The minimum Gasteiger partial charge on any atom is 0.0262 e. The number of nitrogens with zero attached hydrogens (tertiary/aromatic N) is 1. The molecule has 1 aliphatic carbocycles. The zero-order valence-corrected chi connectivity index (χ0v) is 18.1. The second kappa shape index (κ2) is 10.1. The summed E-state index contributed by atoms with van der Waals surface area (Å²) in [5, 5.41) is 0. The molecule has 2 aliphatic rings. The van der Waals surface area contributed by atoms with Gasteiger partial charge in [-0.2, -0.15) is 0 Å². The van der Waals surface area contributed by atoms with Crippen LogP contribution in [0.3, 0.4) is 0 Å². The third-order valence-electron chi connectivity index (χ3n) is 4.89. The summed E-state index contributed by atoms with van der Waals surface area (Å²) in [5.74, 6) is -2.89. The number of likely N-dealkylation sites (tertiary alicyclic amines) is 1. The van der Waals surface area contributed by atoms with E-state index in [4.69, 9.17) is 14.2 Å². The van der Waals surface area contributed by atoms with E-state index in [1.54, 1.807) is 0 Å². The van der Waals surface area contributed by atoms with Gasteiger partial charge in [0.05, 0.1) is 6.10 Å². The van der Waals surface area contributed by atoms with Crippen molar-refractivity contribution in [3.8, 4) is 0 Å². The van der Waals surface area contributed by atoms with Gasteiger partial charge in [-0.1, -0.05) is 0 Å². The van der Waals surface area contributed by atoms with Gasteiger partial charge in [0, 0.05) is 19.1 Å². The first-order valence-electron chi connectivity index (χ1n) is 9.18. The van der Waals surface area contributed by atoms with Gasteiger partial charge in [0.1, 0.15) is 0 Å². The fourth-order valence-electron chi connectivity index (χ4n) is 2.90. The molecule has 150 valence electrons. The summed E-state index contributed by atoms with van der Waals surface area (Å²) in [6.45, 7) is 6.07.